The Hall–Kier alpha value is -3.84. The van der Waals surface area contributed by atoms with Crippen LogP contribution < -0.4 is 14.4 Å². The number of para-hydroxylation sites is 1. The molecular weight excluding hydrogens is 468 g/mol. The number of benzene rings is 3. The van der Waals surface area contributed by atoms with E-state index < -0.39 is 24.0 Å². The van der Waals surface area contributed by atoms with Gasteiger partial charge in [0.05, 0.1) is 20.1 Å². The third-order valence-corrected chi connectivity index (χ3v) is 7.05. The maximum Gasteiger partial charge on any atom is 0.245 e. The molecule has 3 aromatic rings. The molecule has 7 nitrogen and oxygen atoms in total. The van der Waals surface area contributed by atoms with E-state index in [1.54, 1.807) is 42.5 Å². The van der Waals surface area contributed by atoms with Crippen LogP contribution in [-0.2, 0) is 0 Å². The number of Topliss-reactive ketones (excluding diaryl/α,β-unsaturated/α-hetero) is 1. The fraction of sp³-hybridized carbons (Fsp3) is 0.222. The molecule has 1 fully saturated rings. The van der Waals surface area contributed by atoms with Crippen molar-refractivity contribution in [2.24, 2.45) is 0 Å². The number of rotatable bonds is 6. The van der Waals surface area contributed by atoms with Crippen LogP contribution in [0.25, 0.3) is 6.08 Å². The largest absolute Gasteiger partial charge is 0.493 e. The SMILES string of the molecule is COc1ccc([C@H]2[C@@H]([N+](=O)[O-])[C@@H]3C=Cc4ccccc4N3[C@H]2C(=O)c2ccc(Cl)cc2)cc1OC. The summed E-state index contributed by atoms with van der Waals surface area (Å²) >= 11 is 6.06. The predicted molar refractivity (Wildman–Crippen MR) is 134 cm³/mol. The molecule has 4 atom stereocenters. The molecule has 0 saturated carbocycles. The van der Waals surface area contributed by atoms with Gasteiger partial charge < -0.3 is 14.4 Å². The molecule has 8 heteroatoms. The van der Waals surface area contributed by atoms with Gasteiger partial charge in [0.1, 0.15) is 12.1 Å². The van der Waals surface area contributed by atoms with Gasteiger partial charge in [-0.2, -0.15) is 0 Å². The molecule has 5 rings (SSSR count). The minimum atomic E-state index is -1.06. The van der Waals surface area contributed by atoms with Gasteiger partial charge in [0, 0.05) is 21.2 Å². The fourth-order valence-corrected chi connectivity index (χ4v) is 5.40. The fourth-order valence-electron chi connectivity index (χ4n) is 5.27. The molecule has 2 heterocycles. The van der Waals surface area contributed by atoms with Crippen molar-refractivity contribution in [1.82, 2.24) is 0 Å². The quantitative estimate of drug-likeness (QED) is 0.266. The number of nitrogens with zero attached hydrogens (tertiary/aromatic N) is 2. The number of hydrogen-bond donors (Lipinski definition) is 0. The first kappa shape index (κ1) is 22.9. The van der Waals surface area contributed by atoms with E-state index in [1.165, 1.54) is 14.2 Å². The number of fused-ring (bicyclic) bond motifs is 3. The average molecular weight is 491 g/mol. The summed E-state index contributed by atoms with van der Waals surface area (Å²) in [5.74, 6) is 0.00995. The van der Waals surface area contributed by atoms with Crippen LogP contribution >= 0.6 is 11.6 Å². The lowest BCUT2D eigenvalue weighted by atomic mass is 9.83. The number of halogens is 1. The summed E-state index contributed by atoms with van der Waals surface area (Å²) in [6, 6.07) is 17.0. The molecule has 0 amide bonds. The third-order valence-electron chi connectivity index (χ3n) is 6.80. The summed E-state index contributed by atoms with van der Waals surface area (Å²) in [5, 5.41) is 13.1. The van der Waals surface area contributed by atoms with Crippen molar-refractivity contribution in [3.8, 4) is 11.5 Å². The first-order valence-electron chi connectivity index (χ1n) is 11.2. The number of carbonyl (C=O) groups is 1. The van der Waals surface area contributed by atoms with Gasteiger partial charge in [-0.3, -0.25) is 14.9 Å². The van der Waals surface area contributed by atoms with Gasteiger partial charge >= 0.3 is 0 Å². The number of ether oxygens (including phenoxy) is 2. The van der Waals surface area contributed by atoms with Gasteiger partial charge in [-0.1, -0.05) is 48.0 Å². The number of methoxy groups -OCH3 is 2. The van der Waals surface area contributed by atoms with Crippen molar-refractivity contribution in [3.63, 3.8) is 0 Å². The van der Waals surface area contributed by atoms with E-state index in [-0.39, 0.29) is 10.7 Å². The molecule has 0 spiro atoms. The lowest BCUT2D eigenvalue weighted by Gasteiger charge is -2.34. The normalized spacial score (nSPS) is 22.3. The van der Waals surface area contributed by atoms with Crippen molar-refractivity contribution in [2.75, 3.05) is 19.1 Å². The summed E-state index contributed by atoms with van der Waals surface area (Å²) in [4.78, 5) is 28.2. The van der Waals surface area contributed by atoms with Crippen molar-refractivity contribution in [1.29, 1.82) is 0 Å². The molecule has 0 unspecified atom stereocenters. The molecule has 0 aromatic heterocycles. The molecule has 0 N–H and O–H groups in total. The standard InChI is InChI=1S/C27H23ClN2O5/c1-34-22-14-10-18(15-23(22)35-2)24-25(30(32)33)21-13-9-16-5-3-4-6-20(16)29(21)26(24)27(31)17-7-11-19(28)12-8-17/h3-15,21,24-26H,1-2H3/t21-,24-,25-,26+/m0/s1. The van der Waals surface area contributed by atoms with Gasteiger partial charge in [0.15, 0.2) is 17.3 Å². The second-order valence-corrected chi connectivity index (χ2v) is 8.98. The van der Waals surface area contributed by atoms with Gasteiger partial charge in [0.25, 0.3) is 0 Å². The van der Waals surface area contributed by atoms with Crippen LogP contribution in [0.15, 0.2) is 72.8 Å². The van der Waals surface area contributed by atoms with Gasteiger partial charge in [-0.25, -0.2) is 0 Å². The van der Waals surface area contributed by atoms with Gasteiger partial charge in [0.2, 0.25) is 6.04 Å². The van der Waals surface area contributed by atoms with Crippen LogP contribution in [0.5, 0.6) is 11.5 Å². The maximum absolute atomic E-state index is 14.1. The minimum Gasteiger partial charge on any atom is -0.493 e. The Bertz CT molecular complexity index is 1320. The monoisotopic (exact) mass is 490 g/mol. The van der Waals surface area contributed by atoms with Gasteiger partial charge in [-0.05, 0) is 53.6 Å². The van der Waals surface area contributed by atoms with Gasteiger partial charge in [-0.15, -0.1) is 0 Å². The summed E-state index contributed by atoms with van der Waals surface area (Å²) < 4.78 is 10.8. The van der Waals surface area contributed by atoms with E-state index in [2.05, 4.69) is 0 Å². The number of carbonyl (C=O) groups excluding carboxylic acids is 1. The second kappa shape index (κ2) is 9.07. The van der Waals surface area contributed by atoms with Crippen molar-refractivity contribution < 1.29 is 19.2 Å². The highest BCUT2D eigenvalue weighted by atomic mass is 35.5. The number of ketones is 1. The Morgan fingerprint density at radius 2 is 1.71 bits per heavy atom. The zero-order valence-electron chi connectivity index (χ0n) is 19.1. The van der Waals surface area contributed by atoms with E-state index in [0.29, 0.717) is 27.6 Å². The molecule has 0 aliphatic carbocycles. The molecule has 0 bridgehead atoms. The molecule has 1 saturated heterocycles. The Morgan fingerprint density at radius 3 is 2.40 bits per heavy atom. The van der Waals surface area contributed by atoms with Crippen LogP contribution in [0.1, 0.15) is 27.4 Å². The Kier molecular flexibility index (Phi) is 5.94. The Balaban J connectivity index is 1.72. The molecule has 2 aliphatic heterocycles. The van der Waals surface area contributed by atoms with Crippen LogP contribution in [0.2, 0.25) is 5.02 Å². The third kappa shape index (κ3) is 3.82. The summed E-state index contributed by atoms with van der Waals surface area (Å²) in [6.07, 6.45) is 3.73. The maximum atomic E-state index is 14.1. The second-order valence-electron chi connectivity index (χ2n) is 8.55. The first-order valence-corrected chi connectivity index (χ1v) is 11.5. The molecule has 178 valence electrons. The zero-order valence-corrected chi connectivity index (χ0v) is 19.9. The highest BCUT2D eigenvalue weighted by Crippen LogP contribution is 2.48. The lowest BCUT2D eigenvalue weighted by Crippen LogP contribution is -2.44. The molecule has 35 heavy (non-hydrogen) atoms. The molecule has 0 radical (unpaired) electrons. The average Bonchev–Trinajstić information content (AvgIpc) is 3.24. The van der Waals surface area contributed by atoms with E-state index in [4.69, 9.17) is 21.1 Å². The zero-order chi connectivity index (χ0) is 24.7. The summed E-state index contributed by atoms with van der Waals surface area (Å²) in [5.41, 5.74) is 2.78. The molecule has 2 aliphatic rings. The number of hydrogen-bond acceptors (Lipinski definition) is 6. The predicted octanol–water partition coefficient (Wildman–Crippen LogP) is 5.25. The van der Waals surface area contributed by atoms with E-state index >= 15 is 0 Å². The van der Waals surface area contributed by atoms with Crippen LogP contribution in [-0.4, -0.2) is 43.1 Å². The number of nitro groups is 1. The number of anilines is 1. The Morgan fingerprint density at radius 1 is 1.00 bits per heavy atom. The van der Waals surface area contributed by atoms with Crippen molar-refractivity contribution in [3.05, 3.63) is 105 Å². The summed E-state index contributed by atoms with van der Waals surface area (Å²) in [7, 11) is 3.04. The Labute approximate surface area is 207 Å². The van der Waals surface area contributed by atoms with E-state index in [1.807, 2.05) is 41.3 Å². The smallest absolute Gasteiger partial charge is 0.245 e. The molecule has 3 aromatic carbocycles. The van der Waals surface area contributed by atoms with E-state index in [0.717, 1.165) is 11.3 Å². The highest BCUT2D eigenvalue weighted by Gasteiger charge is 2.59. The summed E-state index contributed by atoms with van der Waals surface area (Å²) in [6.45, 7) is 0. The first-order chi connectivity index (χ1) is 16.9. The lowest BCUT2D eigenvalue weighted by molar-refractivity contribution is -0.524. The van der Waals surface area contributed by atoms with Crippen molar-refractivity contribution >= 4 is 29.1 Å². The van der Waals surface area contributed by atoms with Crippen LogP contribution in [0, 0.1) is 10.1 Å². The van der Waals surface area contributed by atoms with Crippen molar-refractivity contribution in [2.45, 2.75) is 24.0 Å². The minimum absolute atomic E-state index is 0.207. The van der Waals surface area contributed by atoms with Crippen LogP contribution in [0.4, 0.5) is 5.69 Å². The molecular formula is C27H23ClN2O5. The highest BCUT2D eigenvalue weighted by molar-refractivity contribution is 6.30. The van der Waals surface area contributed by atoms with E-state index in [9.17, 15) is 14.9 Å². The topological polar surface area (TPSA) is 81.9 Å². The van der Waals surface area contributed by atoms with Crippen LogP contribution in [0.3, 0.4) is 0 Å².